The van der Waals surface area contributed by atoms with Crippen LogP contribution in [0.2, 0.25) is 4.34 Å². The molecule has 1 aromatic heterocycles. The minimum atomic E-state index is -1.15. The van der Waals surface area contributed by atoms with Crippen LogP contribution in [0.4, 0.5) is 4.79 Å². The predicted molar refractivity (Wildman–Crippen MR) is 61.4 cm³/mol. The summed E-state index contributed by atoms with van der Waals surface area (Å²) in [5.74, 6) is -0.349. The maximum Gasteiger partial charge on any atom is 0.325 e. The number of nitrogens with zero attached hydrogens (tertiary/aromatic N) is 1. The van der Waals surface area contributed by atoms with Crippen LogP contribution in [0.5, 0.6) is 0 Å². The molecule has 1 fully saturated rings. The monoisotopic (exact) mass is 259 g/mol. The molecule has 86 valence electrons. The molecule has 7 heteroatoms. The third-order valence-corrected chi connectivity index (χ3v) is 3.99. The van der Waals surface area contributed by atoms with Crippen LogP contribution < -0.4 is 11.1 Å². The second kappa shape index (κ2) is 3.73. The highest BCUT2D eigenvalue weighted by Gasteiger charge is 2.51. The van der Waals surface area contributed by atoms with Gasteiger partial charge in [0.15, 0.2) is 5.54 Å². The van der Waals surface area contributed by atoms with Crippen LogP contribution in [0.3, 0.4) is 0 Å². The summed E-state index contributed by atoms with van der Waals surface area (Å²) in [5, 5.41) is 2.61. The van der Waals surface area contributed by atoms with E-state index in [2.05, 4.69) is 5.32 Å². The van der Waals surface area contributed by atoms with Gasteiger partial charge in [-0.3, -0.25) is 9.69 Å². The Labute approximate surface area is 101 Å². The first-order chi connectivity index (χ1) is 7.51. The van der Waals surface area contributed by atoms with Gasteiger partial charge >= 0.3 is 6.03 Å². The number of imide groups is 1. The molecule has 3 N–H and O–H groups in total. The lowest BCUT2D eigenvalue weighted by molar-refractivity contribution is -0.130. The lowest BCUT2D eigenvalue weighted by Crippen LogP contribution is -2.49. The third kappa shape index (κ3) is 1.41. The zero-order chi connectivity index (χ0) is 11.9. The number of nitrogens with one attached hydrogen (secondary N) is 1. The fourth-order valence-corrected chi connectivity index (χ4v) is 2.84. The molecular weight excluding hydrogens is 250 g/mol. The molecular formula is C9H10ClN3O2S. The molecule has 1 aliphatic heterocycles. The summed E-state index contributed by atoms with van der Waals surface area (Å²) in [6.07, 6.45) is 0. The quantitative estimate of drug-likeness (QED) is 0.769. The molecule has 0 aromatic carbocycles. The molecule has 1 aromatic rings. The molecule has 0 spiro atoms. The maximum atomic E-state index is 12.0. The molecule has 0 aliphatic carbocycles. The Hall–Kier alpha value is -1.11. The van der Waals surface area contributed by atoms with Gasteiger partial charge in [-0.1, -0.05) is 11.6 Å². The first-order valence-corrected chi connectivity index (χ1v) is 5.77. The van der Waals surface area contributed by atoms with Crippen LogP contribution in [0.15, 0.2) is 12.1 Å². The smallest absolute Gasteiger partial charge is 0.325 e. The van der Waals surface area contributed by atoms with Gasteiger partial charge in [-0.05, 0) is 12.1 Å². The molecule has 0 radical (unpaired) electrons. The summed E-state index contributed by atoms with van der Waals surface area (Å²) in [7, 11) is 1.42. The van der Waals surface area contributed by atoms with Gasteiger partial charge in [0, 0.05) is 18.5 Å². The lowest BCUT2D eigenvalue weighted by atomic mass is 9.98. The van der Waals surface area contributed by atoms with E-state index in [4.69, 9.17) is 17.3 Å². The van der Waals surface area contributed by atoms with E-state index in [1.54, 1.807) is 12.1 Å². The number of halogens is 1. The number of amides is 3. The van der Waals surface area contributed by atoms with Gasteiger partial charge in [-0.25, -0.2) is 4.79 Å². The Balaban J connectivity index is 2.49. The number of urea groups is 1. The normalized spacial score (nSPS) is 25.1. The van der Waals surface area contributed by atoms with E-state index < -0.39 is 11.6 Å². The fraction of sp³-hybridized carbons (Fsp3) is 0.333. The Morgan fingerprint density at radius 2 is 2.25 bits per heavy atom. The first-order valence-electron chi connectivity index (χ1n) is 4.57. The van der Waals surface area contributed by atoms with Gasteiger partial charge in [0.2, 0.25) is 0 Å². The van der Waals surface area contributed by atoms with Crippen molar-refractivity contribution in [3.05, 3.63) is 21.3 Å². The van der Waals surface area contributed by atoms with Crippen molar-refractivity contribution in [3.63, 3.8) is 0 Å². The van der Waals surface area contributed by atoms with Crippen molar-refractivity contribution in [2.75, 3.05) is 13.6 Å². The van der Waals surface area contributed by atoms with Gasteiger partial charge in [-0.2, -0.15) is 0 Å². The molecule has 1 atom stereocenters. The molecule has 0 saturated carbocycles. The van der Waals surface area contributed by atoms with Gasteiger partial charge in [0.25, 0.3) is 5.91 Å². The molecule has 1 saturated heterocycles. The number of carbonyl (C=O) groups is 2. The van der Waals surface area contributed by atoms with Crippen LogP contribution in [0, 0.1) is 0 Å². The van der Waals surface area contributed by atoms with Crippen LogP contribution in [-0.4, -0.2) is 30.4 Å². The molecule has 1 unspecified atom stereocenters. The fourth-order valence-electron chi connectivity index (χ4n) is 1.65. The number of likely N-dealkylation sites (N-methyl/N-ethyl adjacent to an activating group) is 1. The first kappa shape index (κ1) is 11.4. The minimum absolute atomic E-state index is 0.0127. The van der Waals surface area contributed by atoms with Crippen molar-refractivity contribution in [2.45, 2.75) is 5.54 Å². The average Bonchev–Trinajstić information content (AvgIpc) is 2.78. The predicted octanol–water partition coefficient (Wildman–Crippen LogP) is 0.737. The minimum Gasteiger partial charge on any atom is -0.327 e. The SMILES string of the molecule is CN1C(=O)NC(CN)(c2ccc(Cl)s2)C1=O. The topological polar surface area (TPSA) is 75.4 Å². The van der Waals surface area contributed by atoms with Crippen LogP contribution in [0.1, 0.15) is 4.88 Å². The molecule has 3 amide bonds. The Kier molecular flexibility index (Phi) is 2.65. The lowest BCUT2D eigenvalue weighted by Gasteiger charge is -2.22. The van der Waals surface area contributed by atoms with Crippen molar-refractivity contribution in [1.29, 1.82) is 0 Å². The average molecular weight is 260 g/mol. The highest BCUT2D eigenvalue weighted by atomic mass is 35.5. The van der Waals surface area contributed by atoms with Crippen molar-refractivity contribution in [3.8, 4) is 0 Å². The van der Waals surface area contributed by atoms with E-state index in [0.717, 1.165) is 4.90 Å². The molecule has 16 heavy (non-hydrogen) atoms. The largest absolute Gasteiger partial charge is 0.327 e. The Morgan fingerprint density at radius 3 is 2.62 bits per heavy atom. The van der Waals surface area contributed by atoms with Gasteiger partial charge in [-0.15, -0.1) is 11.3 Å². The van der Waals surface area contributed by atoms with Crippen molar-refractivity contribution in [1.82, 2.24) is 10.2 Å². The molecule has 2 heterocycles. The van der Waals surface area contributed by atoms with E-state index in [1.165, 1.54) is 18.4 Å². The number of nitrogens with two attached hydrogens (primary N) is 1. The van der Waals surface area contributed by atoms with E-state index in [-0.39, 0.29) is 12.5 Å². The van der Waals surface area contributed by atoms with Crippen LogP contribution >= 0.6 is 22.9 Å². The standard InChI is InChI=1S/C9H10ClN3O2S/c1-13-7(14)9(4-11,12-8(13)15)5-2-3-6(10)16-5/h2-3H,4,11H2,1H3,(H,12,15). The summed E-state index contributed by atoms with van der Waals surface area (Å²) in [5.41, 5.74) is 4.48. The number of thiophene rings is 1. The summed E-state index contributed by atoms with van der Waals surface area (Å²) < 4.78 is 0.555. The van der Waals surface area contributed by atoms with Gasteiger partial charge < -0.3 is 11.1 Å². The summed E-state index contributed by atoms with van der Waals surface area (Å²) in [6, 6.07) is 2.94. The number of hydrogen-bond acceptors (Lipinski definition) is 4. The zero-order valence-corrected chi connectivity index (χ0v) is 10.1. The maximum absolute atomic E-state index is 12.0. The van der Waals surface area contributed by atoms with Crippen molar-refractivity contribution >= 4 is 34.9 Å². The Morgan fingerprint density at radius 1 is 1.56 bits per heavy atom. The number of rotatable bonds is 2. The summed E-state index contributed by atoms with van der Waals surface area (Å²) in [6.45, 7) is 0.0127. The summed E-state index contributed by atoms with van der Waals surface area (Å²) >= 11 is 7.06. The number of hydrogen-bond donors (Lipinski definition) is 2. The second-order valence-corrected chi connectivity index (χ2v) is 5.22. The second-order valence-electron chi connectivity index (χ2n) is 3.51. The van der Waals surface area contributed by atoms with E-state index in [0.29, 0.717) is 9.21 Å². The Bertz CT molecular complexity index is 461. The van der Waals surface area contributed by atoms with E-state index in [9.17, 15) is 9.59 Å². The van der Waals surface area contributed by atoms with E-state index in [1.807, 2.05) is 0 Å². The van der Waals surface area contributed by atoms with E-state index >= 15 is 0 Å². The van der Waals surface area contributed by atoms with Gasteiger partial charge in [0.05, 0.1) is 4.34 Å². The molecule has 1 aliphatic rings. The molecule has 2 rings (SSSR count). The van der Waals surface area contributed by atoms with Gasteiger partial charge in [0.1, 0.15) is 0 Å². The molecule has 5 nitrogen and oxygen atoms in total. The highest BCUT2D eigenvalue weighted by Crippen LogP contribution is 2.34. The van der Waals surface area contributed by atoms with Crippen LogP contribution in [-0.2, 0) is 10.3 Å². The third-order valence-electron chi connectivity index (χ3n) is 2.59. The van der Waals surface area contributed by atoms with Crippen LogP contribution in [0.25, 0.3) is 0 Å². The number of carbonyl (C=O) groups excluding carboxylic acids is 2. The van der Waals surface area contributed by atoms with Crippen molar-refractivity contribution < 1.29 is 9.59 Å². The highest BCUT2D eigenvalue weighted by molar-refractivity contribution is 7.16. The zero-order valence-electron chi connectivity index (χ0n) is 8.49. The van der Waals surface area contributed by atoms with Crippen molar-refractivity contribution in [2.24, 2.45) is 5.73 Å². The molecule has 0 bridgehead atoms. The summed E-state index contributed by atoms with van der Waals surface area (Å²) in [4.78, 5) is 25.1.